The first-order chi connectivity index (χ1) is 7.58. The summed E-state index contributed by atoms with van der Waals surface area (Å²) in [6, 6.07) is 7.31. The van der Waals surface area contributed by atoms with Gasteiger partial charge in [0, 0.05) is 4.47 Å². The summed E-state index contributed by atoms with van der Waals surface area (Å²) in [5.41, 5.74) is 6.19. The number of hydroxylamine groups is 2. The Kier molecular flexibility index (Phi) is 6.11. The van der Waals surface area contributed by atoms with E-state index in [2.05, 4.69) is 28.1 Å². The van der Waals surface area contributed by atoms with Crippen LogP contribution in [0.3, 0.4) is 0 Å². The van der Waals surface area contributed by atoms with Gasteiger partial charge < -0.3 is 7.16 Å². The maximum Gasteiger partial charge on any atom is 1.00 e. The topological polar surface area (TPSA) is 66.6 Å². The van der Waals surface area contributed by atoms with Gasteiger partial charge in [-0.2, -0.15) is 0 Å². The van der Waals surface area contributed by atoms with E-state index in [0.717, 1.165) is 10.9 Å². The van der Waals surface area contributed by atoms with Crippen LogP contribution < -0.4 is 57.1 Å². The van der Waals surface area contributed by atoms with E-state index >= 15 is 0 Å². The Morgan fingerprint density at radius 2 is 2.12 bits per heavy atom. The summed E-state index contributed by atoms with van der Waals surface area (Å²) in [4.78, 5) is 10.6. The van der Waals surface area contributed by atoms with Crippen molar-refractivity contribution in [2.24, 2.45) is 11.7 Å². The number of benzene rings is 1. The number of hydrogen-bond donors (Lipinski definition) is 2. The Bertz CT molecular complexity index is 405. The zero-order valence-corrected chi connectivity index (χ0v) is 14.3. The van der Waals surface area contributed by atoms with E-state index in [1.165, 1.54) is 5.56 Å². The molecule has 0 bridgehead atoms. The number of carbonyl (C=O) groups is 1. The molecular weight excluding hydrogens is 311 g/mol. The number of primary amides is 1. The van der Waals surface area contributed by atoms with Crippen LogP contribution in [-0.4, -0.2) is 22.8 Å². The summed E-state index contributed by atoms with van der Waals surface area (Å²) in [7, 11) is 0. The van der Waals surface area contributed by atoms with E-state index in [1.54, 1.807) is 0 Å². The average molecular weight is 325 g/mol. The van der Waals surface area contributed by atoms with Gasteiger partial charge in [0.05, 0.1) is 6.54 Å². The largest absolute Gasteiger partial charge is 1.00 e. The van der Waals surface area contributed by atoms with Crippen molar-refractivity contribution >= 4 is 22.0 Å². The van der Waals surface area contributed by atoms with Crippen molar-refractivity contribution in [3.8, 4) is 0 Å². The van der Waals surface area contributed by atoms with Crippen LogP contribution in [-0.2, 0) is 0 Å². The van der Waals surface area contributed by atoms with Gasteiger partial charge in [-0.15, -0.1) is 0 Å². The van der Waals surface area contributed by atoms with Gasteiger partial charge in [0.25, 0.3) is 0 Å². The predicted molar refractivity (Wildman–Crippen MR) is 64.2 cm³/mol. The first-order valence-electron chi connectivity index (χ1n) is 5.09. The molecule has 2 rings (SSSR count). The first kappa shape index (κ1) is 15.6. The molecule has 1 aliphatic carbocycles. The molecule has 0 heterocycles. The van der Waals surface area contributed by atoms with E-state index in [4.69, 9.17) is 5.73 Å². The van der Waals surface area contributed by atoms with E-state index in [0.29, 0.717) is 23.4 Å². The molecule has 1 aliphatic rings. The monoisotopic (exact) mass is 324 g/mol. The van der Waals surface area contributed by atoms with Gasteiger partial charge in [0.15, 0.2) is 0 Å². The van der Waals surface area contributed by atoms with Crippen molar-refractivity contribution in [1.82, 2.24) is 5.06 Å². The van der Waals surface area contributed by atoms with Crippen molar-refractivity contribution in [3.63, 3.8) is 0 Å². The van der Waals surface area contributed by atoms with Gasteiger partial charge in [-0.1, -0.05) is 28.1 Å². The minimum Gasteiger partial charge on any atom is -1.00 e. The van der Waals surface area contributed by atoms with Crippen LogP contribution >= 0.6 is 15.9 Å². The van der Waals surface area contributed by atoms with E-state index in [1.807, 2.05) is 12.1 Å². The quantitative estimate of drug-likeness (QED) is 0.444. The van der Waals surface area contributed by atoms with E-state index < -0.39 is 6.03 Å². The average Bonchev–Trinajstić information content (AvgIpc) is 2.98. The second-order valence-electron chi connectivity index (χ2n) is 4.07. The molecule has 0 saturated heterocycles. The molecule has 0 aliphatic heterocycles. The Labute approximate surface area is 153 Å². The third-order valence-corrected chi connectivity index (χ3v) is 3.41. The normalized spacial score (nSPS) is 21.5. The van der Waals surface area contributed by atoms with Crippen LogP contribution in [0, 0.1) is 5.92 Å². The summed E-state index contributed by atoms with van der Waals surface area (Å²) in [5.74, 6) is 0.751. The van der Waals surface area contributed by atoms with Gasteiger partial charge in [0.2, 0.25) is 0 Å². The number of hydrogen-bond acceptors (Lipinski definition) is 2. The van der Waals surface area contributed by atoms with Crippen molar-refractivity contribution < 1.29 is 62.8 Å². The zero-order chi connectivity index (χ0) is 11.7. The summed E-state index contributed by atoms with van der Waals surface area (Å²) in [6.07, 6.45) is 0.992. The van der Waals surface area contributed by atoms with Gasteiger partial charge in [-0.25, -0.2) is 9.86 Å². The van der Waals surface area contributed by atoms with Crippen molar-refractivity contribution in [2.45, 2.75) is 12.3 Å². The number of nitrogens with zero attached hydrogens (tertiary/aromatic N) is 1. The minimum absolute atomic E-state index is 0. The molecule has 2 amide bonds. The standard InChI is InChI=1S/C11H13BrN2O2.K.H/c12-9-3-1-7(2-4-9)10-5-8(10)6-14(16)11(13)15;;/h1-4,8,10,16H,5-6H2,(H2,13,15);;/q;+1;-1. The Balaban J connectivity index is 0.00000144. The molecule has 1 saturated carbocycles. The van der Waals surface area contributed by atoms with Crippen molar-refractivity contribution in [2.75, 3.05) is 6.54 Å². The van der Waals surface area contributed by atoms with Crippen molar-refractivity contribution in [3.05, 3.63) is 34.3 Å². The molecule has 0 spiro atoms. The summed E-state index contributed by atoms with van der Waals surface area (Å²) >= 11 is 3.38. The molecule has 3 N–H and O–H groups in total. The minimum atomic E-state index is -0.790. The van der Waals surface area contributed by atoms with E-state index in [9.17, 15) is 10.0 Å². The molecule has 88 valence electrons. The summed E-state index contributed by atoms with van der Waals surface area (Å²) in [5, 5.41) is 9.78. The van der Waals surface area contributed by atoms with Gasteiger partial charge in [-0.3, -0.25) is 5.21 Å². The predicted octanol–water partition coefficient (Wildman–Crippen LogP) is -0.561. The molecule has 1 fully saturated rings. The molecule has 2 atom stereocenters. The number of rotatable bonds is 3. The SMILES string of the molecule is NC(=O)N(O)CC1CC1c1ccc(Br)cc1.[H-].[K+]. The number of nitrogens with two attached hydrogens (primary N) is 1. The van der Waals surface area contributed by atoms with Crippen LogP contribution in [0.15, 0.2) is 28.7 Å². The maximum absolute atomic E-state index is 10.6. The van der Waals surface area contributed by atoms with Crippen LogP contribution in [0.25, 0.3) is 0 Å². The second kappa shape index (κ2) is 6.65. The third kappa shape index (κ3) is 4.31. The molecule has 6 heteroatoms. The Morgan fingerprint density at radius 1 is 1.53 bits per heavy atom. The third-order valence-electron chi connectivity index (χ3n) is 2.88. The van der Waals surface area contributed by atoms with Gasteiger partial charge in [0.1, 0.15) is 0 Å². The van der Waals surface area contributed by atoms with Crippen LogP contribution in [0.2, 0.25) is 0 Å². The number of halogens is 1. The number of amides is 2. The smallest absolute Gasteiger partial charge is 1.00 e. The van der Waals surface area contributed by atoms with Gasteiger partial charge >= 0.3 is 57.4 Å². The van der Waals surface area contributed by atoms with E-state index in [-0.39, 0.29) is 52.8 Å². The van der Waals surface area contributed by atoms with Crippen molar-refractivity contribution in [1.29, 1.82) is 0 Å². The van der Waals surface area contributed by atoms with Crippen LogP contribution in [0.4, 0.5) is 4.79 Å². The zero-order valence-electron chi connectivity index (χ0n) is 10.6. The molecular formula is C11H14BrKN2O2. The van der Waals surface area contributed by atoms with Gasteiger partial charge in [-0.05, 0) is 36.0 Å². The molecule has 1 aromatic carbocycles. The Morgan fingerprint density at radius 3 is 2.65 bits per heavy atom. The Hall–Kier alpha value is 0.566. The molecule has 1 aromatic rings. The second-order valence-corrected chi connectivity index (χ2v) is 4.99. The number of urea groups is 1. The fourth-order valence-electron chi connectivity index (χ4n) is 1.88. The first-order valence-corrected chi connectivity index (χ1v) is 5.88. The van der Waals surface area contributed by atoms with Crippen LogP contribution in [0.1, 0.15) is 19.3 Å². The molecule has 17 heavy (non-hydrogen) atoms. The van der Waals surface area contributed by atoms with Crippen LogP contribution in [0.5, 0.6) is 0 Å². The molecule has 0 aromatic heterocycles. The fraction of sp³-hybridized carbons (Fsp3) is 0.364. The number of carbonyl (C=O) groups excluding carboxylic acids is 1. The summed E-state index contributed by atoms with van der Waals surface area (Å²) < 4.78 is 1.05. The maximum atomic E-state index is 10.6. The molecule has 4 nitrogen and oxygen atoms in total. The summed E-state index contributed by atoms with van der Waals surface area (Å²) in [6.45, 7) is 0.316. The fourth-order valence-corrected chi connectivity index (χ4v) is 2.14. The molecule has 2 unspecified atom stereocenters. The molecule has 0 radical (unpaired) electrons.